The van der Waals surface area contributed by atoms with E-state index in [-0.39, 0.29) is 24.5 Å². The molecule has 0 spiro atoms. The Bertz CT molecular complexity index is 539. The number of nitrogens with one attached hydrogen (secondary N) is 1. The molecule has 1 aromatic rings. The molecule has 18 heavy (non-hydrogen) atoms. The number of piperidine rings is 1. The van der Waals surface area contributed by atoms with Crippen molar-refractivity contribution in [3.63, 3.8) is 0 Å². The number of carbonyl (C=O) groups is 2. The van der Waals surface area contributed by atoms with Crippen LogP contribution in [-0.4, -0.2) is 28.7 Å². The molecule has 0 aliphatic carbocycles. The SMILES string of the molecule is COOc1cnn(C2CCC(=O)NC2=O)c(=O)c1. The molecule has 2 heterocycles. The molecule has 1 saturated heterocycles. The highest BCUT2D eigenvalue weighted by molar-refractivity contribution is 5.99. The lowest BCUT2D eigenvalue weighted by Gasteiger charge is -2.21. The minimum absolute atomic E-state index is 0.144. The average molecular weight is 253 g/mol. The third-order valence-electron chi connectivity index (χ3n) is 2.49. The van der Waals surface area contributed by atoms with E-state index in [1.165, 1.54) is 13.3 Å². The summed E-state index contributed by atoms with van der Waals surface area (Å²) in [5.74, 6) is -0.726. The van der Waals surface area contributed by atoms with Crippen LogP contribution in [-0.2, 0) is 14.5 Å². The fraction of sp³-hybridized carbons (Fsp3) is 0.400. The number of carbonyl (C=O) groups excluding carboxylic acids is 2. The first-order valence-electron chi connectivity index (χ1n) is 5.25. The number of nitrogens with zero attached hydrogens (tertiary/aromatic N) is 2. The van der Waals surface area contributed by atoms with Gasteiger partial charge in [0.2, 0.25) is 5.91 Å². The van der Waals surface area contributed by atoms with Crippen LogP contribution < -0.4 is 15.8 Å². The average Bonchev–Trinajstić information content (AvgIpc) is 2.31. The van der Waals surface area contributed by atoms with E-state index in [1.54, 1.807) is 0 Å². The second-order valence-corrected chi connectivity index (χ2v) is 3.69. The number of aromatic nitrogens is 2. The summed E-state index contributed by atoms with van der Waals surface area (Å²) in [6, 6.07) is 0.381. The van der Waals surface area contributed by atoms with Gasteiger partial charge >= 0.3 is 0 Å². The van der Waals surface area contributed by atoms with E-state index in [2.05, 4.69) is 20.2 Å². The third kappa shape index (κ3) is 2.38. The van der Waals surface area contributed by atoms with Gasteiger partial charge in [-0.3, -0.25) is 19.7 Å². The summed E-state index contributed by atoms with van der Waals surface area (Å²) < 4.78 is 1.02. The van der Waals surface area contributed by atoms with Crippen molar-refractivity contribution in [1.29, 1.82) is 0 Å². The van der Waals surface area contributed by atoms with Gasteiger partial charge in [-0.2, -0.15) is 9.99 Å². The van der Waals surface area contributed by atoms with Crippen LogP contribution in [0.4, 0.5) is 0 Å². The van der Waals surface area contributed by atoms with Gasteiger partial charge in [0, 0.05) is 6.42 Å². The molecule has 8 heteroatoms. The van der Waals surface area contributed by atoms with Gasteiger partial charge in [-0.1, -0.05) is 0 Å². The van der Waals surface area contributed by atoms with Gasteiger partial charge in [-0.05, 0) is 6.42 Å². The van der Waals surface area contributed by atoms with Gasteiger partial charge in [0.1, 0.15) is 6.04 Å². The third-order valence-corrected chi connectivity index (χ3v) is 2.49. The minimum atomic E-state index is -0.771. The van der Waals surface area contributed by atoms with Gasteiger partial charge in [0.25, 0.3) is 11.5 Å². The maximum absolute atomic E-state index is 11.7. The molecule has 1 aliphatic heterocycles. The second kappa shape index (κ2) is 4.96. The van der Waals surface area contributed by atoms with E-state index in [0.717, 1.165) is 10.7 Å². The zero-order chi connectivity index (χ0) is 13.1. The molecule has 0 bridgehead atoms. The van der Waals surface area contributed by atoms with Crippen LogP contribution >= 0.6 is 0 Å². The van der Waals surface area contributed by atoms with Gasteiger partial charge < -0.3 is 4.89 Å². The number of hydrogen-bond donors (Lipinski definition) is 1. The van der Waals surface area contributed by atoms with E-state index in [0.29, 0.717) is 0 Å². The number of amides is 2. The fourth-order valence-electron chi connectivity index (χ4n) is 1.69. The van der Waals surface area contributed by atoms with Crippen LogP contribution in [0.25, 0.3) is 0 Å². The Balaban J connectivity index is 2.26. The summed E-state index contributed by atoms with van der Waals surface area (Å²) in [4.78, 5) is 43.4. The maximum atomic E-state index is 11.7. The Morgan fingerprint density at radius 3 is 2.83 bits per heavy atom. The molecule has 1 aromatic heterocycles. The molecule has 1 aliphatic rings. The lowest BCUT2D eigenvalue weighted by Crippen LogP contribution is -2.45. The molecule has 2 amide bonds. The number of hydrogen-bond acceptors (Lipinski definition) is 6. The first-order valence-corrected chi connectivity index (χ1v) is 5.25. The van der Waals surface area contributed by atoms with Gasteiger partial charge in [0.05, 0.1) is 19.4 Å². The molecule has 0 saturated carbocycles. The number of rotatable bonds is 3. The molecule has 0 aromatic carbocycles. The van der Waals surface area contributed by atoms with Crippen LogP contribution in [0.2, 0.25) is 0 Å². The van der Waals surface area contributed by atoms with Gasteiger partial charge in [-0.25, -0.2) is 4.68 Å². The predicted octanol–water partition coefficient (Wildman–Crippen LogP) is -0.839. The Kier molecular flexibility index (Phi) is 3.38. The summed E-state index contributed by atoms with van der Waals surface area (Å²) in [5, 5.41) is 5.98. The van der Waals surface area contributed by atoms with E-state index < -0.39 is 17.5 Å². The maximum Gasteiger partial charge on any atom is 0.271 e. The standard InChI is InChI=1S/C10H11N3O5/c1-17-18-6-4-9(15)13(11-5-6)7-2-3-8(14)12-10(7)16/h4-5,7H,2-3H2,1H3,(H,12,14,16). The van der Waals surface area contributed by atoms with Crippen molar-refractivity contribution in [1.82, 2.24) is 15.1 Å². The Morgan fingerprint density at radius 1 is 1.44 bits per heavy atom. The van der Waals surface area contributed by atoms with Crippen molar-refractivity contribution in [3.8, 4) is 5.75 Å². The lowest BCUT2D eigenvalue weighted by molar-refractivity contribution is -0.178. The van der Waals surface area contributed by atoms with Gasteiger partial charge in [-0.15, -0.1) is 0 Å². The van der Waals surface area contributed by atoms with Crippen LogP contribution in [0.3, 0.4) is 0 Å². The van der Waals surface area contributed by atoms with Crippen LogP contribution in [0.1, 0.15) is 18.9 Å². The topological polar surface area (TPSA) is 99.5 Å². The smallest absolute Gasteiger partial charge is 0.271 e. The molecule has 1 atom stereocenters. The molecule has 1 N–H and O–H groups in total. The highest BCUT2D eigenvalue weighted by Crippen LogP contribution is 2.16. The largest absolute Gasteiger partial charge is 0.336 e. The van der Waals surface area contributed by atoms with Crippen molar-refractivity contribution >= 4 is 11.8 Å². The summed E-state index contributed by atoms with van der Waals surface area (Å²) in [6.45, 7) is 0. The first kappa shape index (κ1) is 12.2. The Labute approximate surface area is 101 Å². The molecular formula is C10H11N3O5. The summed E-state index contributed by atoms with van der Waals surface area (Å²) >= 11 is 0. The highest BCUT2D eigenvalue weighted by Gasteiger charge is 2.29. The molecule has 96 valence electrons. The first-order chi connectivity index (χ1) is 8.61. The van der Waals surface area contributed by atoms with Crippen molar-refractivity contribution in [3.05, 3.63) is 22.6 Å². The van der Waals surface area contributed by atoms with Crippen molar-refractivity contribution < 1.29 is 19.4 Å². The molecule has 2 rings (SSSR count). The van der Waals surface area contributed by atoms with Crippen LogP contribution in [0.5, 0.6) is 5.75 Å². The fourth-order valence-corrected chi connectivity index (χ4v) is 1.69. The molecule has 0 radical (unpaired) electrons. The molecule has 1 fully saturated rings. The number of imide groups is 1. The van der Waals surface area contributed by atoms with E-state index >= 15 is 0 Å². The Hall–Kier alpha value is -2.22. The second-order valence-electron chi connectivity index (χ2n) is 3.69. The molecular weight excluding hydrogens is 242 g/mol. The summed E-state index contributed by atoms with van der Waals surface area (Å²) in [7, 11) is 1.30. The zero-order valence-electron chi connectivity index (χ0n) is 9.58. The lowest BCUT2D eigenvalue weighted by atomic mass is 10.1. The van der Waals surface area contributed by atoms with Crippen LogP contribution in [0.15, 0.2) is 17.1 Å². The van der Waals surface area contributed by atoms with Crippen molar-refractivity contribution in [2.45, 2.75) is 18.9 Å². The van der Waals surface area contributed by atoms with E-state index in [4.69, 9.17) is 0 Å². The van der Waals surface area contributed by atoms with Crippen molar-refractivity contribution in [2.75, 3.05) is 7.11 Å². The van der Waals surface area contributed by atoms with Gasteiger partial charge in [0.15, 0.2) is 5.75 Å². The zero-order valence-corrected chi connectivity index (χ0v) is 9.58. The van der Waals surface area contributed by atoms with Crippen LogP contribution in [0, 0.1) is 0 Å². The molecule has 1 unspecified atom stereocenters. The minimum Gasteiger partial charge on any atom is -0.336 e. The highest BCUT2D eigenvalue weighted by atomic mass is 17.2. The summed E-state index contributed by atoms with van der Waals surface area (Å²) in [5.41, 5.74) is -0.501. The quantitative estimate of drug-likeness (QED) is 0.428. The normalized spacial score (nSPS) is 19.5. The van der Waals surface area contributed by atoms with E-state index in [9.17, 15) is 14.4 Å². The predicted molar refractivity (Wildman–Crippen MR) is 57.6 cm³/mol. The molecule has 8 nitrogen and oxygen atoms in total. The Morgan fingerprint density at radius 2 is 2.22 bits per heavy atom. The summed E-state index contributed by atoms with van der Waals surface area (Å²) in [6.07, 6.45) is 1.69. The van der Waals surface area contributed by atoms with E-state index in [1.807, 2.05) is 0 Å². The monoisotopic (exact) mass is 253 g/mol. The van der Waals surface area contributed by atoms with Crippen molar-refractivity contribution in [2.24, 2.45) is 0 Å².